The molecule has 0 fully saturated rings. The molecular weight excluding hydrogens is 317 g/mol. The van der Waals surface area contributed by atoms with E-state index in [4.69, 9.17) is 9.15 Å². The molecular formula is C13H11BrFNO3. The molecule has 6 heteroatoms. The van der Waals surface area contributed by atoms with Gasteiger partial charge in [0, 0.05) is 0 Å². The molecule has 0 atom stereocenters. The third-order valence-electron chi connectivity index (χ3n) is 2.28. The zero-order valence-electron chi connectivity index (χ0n) is 9.86. The van der Waals surface area contributed by atoms with E-state index in [1.807, 2.05) is 0 Å². The van der Waals surface area contributed by atoms with E-state index in [1.165, 1.54) is 12.1 Å². The van der Waals surface area contributed by atoms with Crippen molar-refractivity contribution < 1.29 is 18.3 Å². The quantitative estimate of drug-likeness (QED) is 0.859. The summed E-state index contributed by atoms with van der Waals surface area (Å²) in [5.74, 6) is -0.401. The number of nitrogens with one attached hydrogen (secondary N) is 1. The highest BCUT2D eigenvalue weighted by Gasteiger charge is 2.09. The van der Waals surface area contributed by atoms with E-state index in [-0.39, 0.29) is 30.6 Å². The zero-order chi connectivity index (χ0) is 13.7. The average Bonchev–Trinajstić information content (AvgIpc) is 2.83. The summed E-state index contributed by atoms with van der Waals surface area (Å²) in [6.07, 6.45) is 0. The van der Waals surface area contributed by atoms with Gasteiger partial charge in [-0.1, -0.05) is 12.1 Å². The smallest absolute Gasteiger partial charge is 0.287 e. The summed E-state index contributed by atoms with van der Waals surface area (Å²) in [4.78, 5) is 11.6. The summed E-state index contributed by atoms with van der Waals surface area (Å²) in [5, 5.41) is 2.60. The fourth-order valence-electron chi connectivity index (χ4n) is 1.41. The van der Waals surface area contributed by atoms with Gasteiger partial charge in [0.05, 0.1) is 6.54 Å². The SMILES string of the molecule is O=C(NCCOc1ccccc1F)c1ccc(Br)o1. The molecule has 0 bridgehead atoms. The van der Waals surface area contributed by atoms with Gasteiger partial charge in [-0.2, -0.15) is 0 Å². The van der Waals surface area contributed by atoms with E-state index in [1.54, 1.807) is 24.3 Å². The summed E-state index contributed by atoms with van der Waals surface area (Å²) < 4.78 is 24.0. The molecule has 1 N–H and O–H groups in total. The van der Waals surface area contributed by atoms with Crippen LogP contribution < -0.4 is 10.1 Å². The second-order valence-electron chi connectivity index (χ2n) is 3.64. The number of hydrogen-bond acceptors (Lipinski definition) is 3. The van der Waals surface area contributed by atoms with Crippen LogP contribution in [0.4, 0.5) is 4.39 Å². The lowest BCUT2D eigenvalue weighted by Gasteiger charge is -2.07. The van der Waals surface area contributed by atoms with Gasteiger partial charge in [0.25, 0.3) is 5.91 Å². The van der Waals surface area contributed by atoms with Crippen molar-refractivity contribution in [3.8, 4) is 5.75 Å². The molecule has 100 valence electrons. The summed E-state index contributed by atoms with van der Waals surface area (Å²) in [6.45, 7) is 0.431. The van der Waals surface area contributed by atoms with Gasteiger partial charge in [-0.15, -0.1) is 0 Å². The standard InChI is InChI=1S/C13H11BrFNO3/c14-12-6-5-11(19-12)13(17)16-7-8-18-10-4-2-1-3-9(10)15/h1-6H,7-8H2,(H,16,17). The lowest BCUT2D eigenvalue weighted by molar-refractivity contribution is 0.0918. The Hall–Kier alpha value is -1.82. The van der Waals surface area contributed by atoms with Crippen molar-refractivity contribution in [3.05, 3.63) is 52.6 Å². The topological polar surface area (TPSA) is 51.5 Å². The van der Waals surface area contributed by atoms with Gasteiger partial charge in [0.15, 0.2) is 22.0 Å². The number of carbonyl (C=O) groups excluding carboxylic acids is 1. The number of furan rings is 1. The average molecular weight is 328 g/mol. The highest BCUT2D eigenvalue weighted by molar-refractivity contribution is 9.10. The molecule has 1 amide bonds. The van der Waals surface area contributed by atoms with Crippen molar-refractivity contribution >= 4 is 21.8 Å². The van der Waals surface area contributed by atoms with E-state index in [2.05, 4.69) is 21.2 Å². The van der Waals surface area contributed by atoms with Gasteiger partial charge in [-0.3, -0.25) is 4.79 Å². The van der Waals surface area contributed by atoms with Crippen LogP contribution in [0.5, 0.6) is 5.75 Å². The number of hydrogen-bond donors (Lipinski definition) is 1. The summed E-state index contributed by atoms with van der Waals surface area (Å²) in [5.41, 5.74) is 0. The van der Waals surface area contributed by atoms with Crippen molar-refractivity contribution in [2.45, 2.75) is 0 Å². The van der Waals surface area contributed by atoms with Crippen molar-refractivity contribution in [1.82, 2.24) is 5.32 Å². The van der Waals surface area contributed by atoms with Crippen LogP contribution in [0.15, 0.2) is 45.5 Å². The lowest BCUT2D eigenvalue weighted by Crippen LogP contribution is -2.27. The maximum atomic E-state index is 13.2. The van der Waals surface area contributed by atoms with Crippen molar-refractivity contribution in [1.29, 1.82) is 0 Å². The van der Waals surface area contributed by atoms with Crippen LogP contribution in [-0.4, -0.2) is 19.1 Å². The maximum absolute atomic E-state index is 13.2. The number of amides is 1. The largest absolute Gasteiger partial charge is 0.489 e. The van der Waals surface area contributed by atoms with Gasteiger partial charge in [0.1, 0.15) is 6.61 Å². The first kappa shape index (κ1) is 13.6. The van der Waals surface area contributed by atoms with Crippen LogP contribution in [0.25, 0.3) is 0 Å². The van der Waals surface area contributed by atoms with E-state index in [0.29, 0.717) is 4.67 Å². The molecule has 0 unspecified atom stereocenters. The molecule has 0 aliphatic heterocycles. The molecule has 0 aliphatic carbocycles. The van der Waals surface area contributed by atoms with Crippen molar-refractivity contribution in [2.75, 3.05) is 13.2 Å². The Labute approximate surface area is 117 Å². The van der Waals surface area contributed by atoms with Gasteiger partial charge < -0.3 is 14.5 Å². The number of carbonyl (C=O) groups is 1. The minimum atomic E-state index is -0.427. The zero-order valence-corrected chi connectivity index (χ0v) is 11.4. The summed E-state index contributed by atoms with van der Waals surface area (Å²) >= 11 is 3.11. The minimum absolute atomic E-state index is 0.164. The highest BCUT2D eigenvalue weighted by atomic mass is 79.9. The van der Waals surface area contributed by atoms with E-state index in [0.717, 1.165) is 0 Å². The molecule has 0 spiro atoms. The van der Waals surface area contributed by atoms with Crippen LogP contribution in [0.2, 0.25) is 0 Å². The van der Waals surface area contributed by atoms with Crippen LogP contribution in [-0.2, 0) is 0 Å². The Balaban J connectivity index is 1.75. The maximum Gasteiger partial charge on any atom is 0.287 e. The van der Waals surface area contributed by atoms with Crippen LogP contribution >= 0.6 is 15.9 Å². The molecule has 1 aromatic carbocycles. The number of para-hydroxylation sites is 1. The molecule has 1 aromatic heterocycles. The molecule has 0 aliphatic rings. The first-order chi connectivity index (χ1) is 9.16. The van der Waals surface area contributed by atoms with Crippen LogP contribution in [0.3, 0.4) is 0 Å². The third kappa shape index (κ3) is 3.82. The van der Waals surface area contributed by atoms with Gasteiger partial charge in [0.2, 0.25) is 0 Å². The van der Waals surface area contributed by atoms with Crippen LogP contribution in [0, 0.1) is 5.82 Å². The van der Waals surface area contributed by atoms with Gasteiger partial charge >= 0.3 is 0 Å². The number of benzene rings is 1. The monoisotopic (exact) mass is 327 g/mol. The second-order valence-corrected chi connectivity index (χ2v) is 4.42. The first-order valence-electron chi connectivity index (χ1n) is 5.57. The summed E-state index contributed by atoms with van der Waals surface area (Å²) in [6, 6.07) is 9.28. The highest BCUT2D eigenvalue weighted by Crippen LogP contribution is 2.15. The Morgan fingerprint density at radius 2 is 2.11 bits per heavy atom. The van der Waals surface area contributed by atoms with Crippen LogP contribution in [0.1, 0.15) is 10.6 Å². The number of halogens is 2. The van der Waals surface area contributed by atoms with E-state index < -0.39 is 5.82 Å². The van der Waals surface area contributed by atoms with E-state index in [9.17, 15) is 9.18 Å². The molecule has 4 nitrogen and oxygen atoms in total. The predicted molar refractivity (Wildman–Crippen MR) is 70.6 cm³/mol. The Morgan fingerprint density at radius 3 is 2.79 bits per heavy atom. The predicted octanol–water partition coefficient (Wildman–Crippen LogP) is 2.99. The van der Waals surface area contributed by atoms with E-state index >= 15 is 0 Å². The Morgan fingerprint density at radius 1 is 1.32 bits per heavy atom. The van der Waals surface area contributed by atoms with Crippen molar-refractivity contribution in [2.24, 2.45) is 0 Å². The second kappa shape index (κ2) is 6.38. The molecule has 0 radical (unpaired) electrons. The molecule has 19 heavy (non-hydrogen) atoms. The molecule has 2 rings (SSSR count). The van der Waals surface area contributed by atoms with Crippen molar-refractivity contribution in [3.63, 3.8) is 0 Å². The molecule has 2 aromatic rings. The fraction of sp³-hybridized carbons (Fsp3) is 0.154. The number of rotatable bonds is 5. The number of ether oxygens (including phenoxy) is 1. The molecule has 0 saturated heterocycles. The molecule has 0 saturated carbocycles. The normalized spacial score (nSPS) is 10.2. The van der Waals surface area contributed by atoms with Gasteiger partial charge in [-0.25, -0.2) is 4.39 Å². The Kier molecular flexibility index (Phi) is 4.57. The molecule has 1 heterocycles. The lowest BCUT2D eigenvalue weighted by atomic mass is 10.3. The summed E-state index contributed by atoms with van der Waals surface area (Å²) in [7, 11) is 0. The minimum Gasteiger partial charge on any atom is -0.489 e. The van der Waals surface area contributed by atoms with Gasteiger partial charge in [-0.05, 0) is 40.2 Å². The fourth-order valence-corrected chi connectivity index (χ4v) is 1.72. The third-order valence-corrected chi connectivity index (χ3v) is 2.71. The Bertz CT molecular complexity index is 571. The first-order valence-corrected chi connectivity index (χ1v) is 6.37.